The van der Waals surface area contributed by atoms with E-state index < -0.39 is 29.7 Å². The Kier molecular flexibility index (Phi) is 5.62. The number of carbonyl (C=O) groups excluding carboxylic acids is 4. The van der Waals surface area contributed by atoms with Crippen molar-refractivity contribution in [1.29, 1.82) is 0 Å². The topological polar surface area (TPSA) is 96.0 Å². The molecule has 8 heteroatoms. The molecule has 162 valence electrons. The van der Waals surface area contributed by atoms with Crippen LogP contribution in [-0.4, -0.2) is 52.4 Å². The van der Waals surface area contributed by atoms with E-state index in [1.54, 1.807) is 38.1 Å². The number of para-hydroxylation sites is 1. The highest BCUT2D eigenvalue weighted by Gasteiger charge is 2.62. The Bertz CT molecular complexity index is 895. The van der Waals surface area contributed by atoms with Crippen molar-refractivity contribution >= 4 is 29.4 Å². The fraction of sp³-hybridized carbons (Fsp3) is 0.545. The standard InChI is InChI=1S/C22H29N3O5/c1-6-21(4,5)23-17(26)13-30-20(29)22-12-11-18(27)25(22)16-10-8-7-9-15(16)19(28)24(22)14(2)3/h7-10,14H,6,11-13H2,1-5H3,(H,23,26)/t22-/m0/s1. The number of rotatable bonds is 6. The number of hydrogen-bond acceptors (Lipinski definition) is 5. The van der Waals surface area contributed by atoms with Gasteiger partial charge in [-0.15, -0.1) is 0 Å². The molecule has 1 fully saturated rings. The van der Waals surface area contributed by atoms with E-state index in [2.05, 4.69) is 5.32 Å². The summed E-state index contributed by atoms with van der Waals surface area (Å²) in [6.45, 7) is 8.79. The van der Waals surface area contributed by atoms with Crippen LogP contribution in [0.15, 0.2) is 24.3 Å². The number of fused-ring (bicyclic) bond motifs is 3. The minimum Gasteiger partial charge on any atom is -0.452 e. The second-order valence-electron chi connectivity index (χ2n) is 8.69. The molecule has 30 heavy (non-hydrogen) atoms. The van der Waals surface area contributed by atoms with Crippen LogP contribution in [-0.2, 0) is 19.1 Å². The molecule has 1 N–H and O–H groups in total. The summed E-state index contributed by atoms with van der Waals surface area (Å²) in [7, 11) is 0. The van der Waals surface area contributed by atoms with E-state index in [1.807, 2.05) is 20.8 Å². The number of nitrogens with zero attached hydrogens (tertiary/aromatic N) is 2. The van der Waals surface area contributed by atoms with Crippen molar-refractivity contribution < 1.29 is 23.9 Å². The molecule has 3 rings (SSSR count). The van der Waals surface area contributed by atoms with Crippen LogP contribution < -0.4 is 10.2 Å². The summed E-state index contributed by atoms with van der Waals surface area (Å²) in [5, 5.41) is 2.81. The fourth-order valence-corrected chi connectivity index (χ4v) is 4.12. The van der Waals surface area contributed by atoms with Gasteiger partial charge >= 0.3 is 5.97 Å². The van der Waals surface area contributed by atoms with Crippen molar-refractivity contribution in [2.45, 2.75) is 71.1 Å². The molecule has 2 aliphatic rings. The molecule has 1 atom stereocenters. The third-order valence-electron chi connectivity index (χ3n) is 5.84. The number of nitrogens with one attached hydrogen (secondary N) is 1. The van der Waals surface area contributed by atoms with Gasteiger partial charge in [-0.05, 0) is 46.2 Å². The van der Waals surface area contributed by atoms with E-state index in [9.17, 15) is 19.2 Å². The van der Waals surface area contributed by atoms with Gasteiger partial charge in [-0.3, -0.25) is 19.3 Å². The van der Waals surface area contributed by atoms with Crippen LogP contribution in [0, 0.1) is 0 Å². The van der Waals surface area contributed by atoms with Gasteiger partial charge in [0, 0.05) is 24.4 Å². The number of esters is 1. The molecule has 0 saturated carbocycles. The van der Waals surface area contributed by atoms with E-state index >= 15 is 0 Å². The van der Waals surface area contributed by atoms with Gasteiger partial charge in [-0.2, -0.15) is 0 Å². The molecular formula is C22H29N3O5. The second kappa shape index (κ2) is 7.74. The Labute approximate surface area is 176 Å². The molecular weight excluding hydrogens is 386 g/mol. The average molecular weight is 415 g/mol. The monoisotopic (exact) mass is 415 g/mol. The van der Waals surface area contributed by atoms with Gasteiger partial charge in [0.15, 0.2) is 6.61 Å². The molecule has 1 saturated heterocycles. The predicted molar refractivity (Wildman–Crippen MR) is 111 cm³/mol. The number of amides is 3. The first-order valence-electron chi connectivity index (χ1n) is 10.3. The van der Waals surface area contributed by atoms with Gasteiger partial charge in [0.1, 0.15) is 0 Å². The zero-order valence-electron chi connectivity index (χ0n) is 18.2. The summed E-state index contributed by atoms with van der Waals surface area (Å²) in [5.74, 6) is -1.79. The quantitative estimate of drug-likeness (QED) is 0.719. The maximum Gasteiger partial charge on any atom is 0.354 e. The molecule has 1 aromatic rings. The van der Waals surface area contributed by atoms with Crippen molar-refractivity contribution in [2.24, 2.45) is 0 Å². The van der Waals surface area contributed by atoms with Gasteiger partial charge < -0.3 is 15.0 Å². The van der Waals surface area contributed by atoms with E-state index in [-0.39, 0.29) is 30.7 Å². The lowest BCUT2D eigenvalue weighted by Gasteiger charge is -2.50. The summed E-state index contributed by atoms with van der Waals surface area (Å²) >= 11 is 0. The van der Waals surface area contributed by atoms with Crippen LogP contribution in [0.2, 0.25) is 0 Å². The summed E-state index contributed by atoms with van der Waals surface area (Å²) in [5.41, 5.74) is -1.25. The Morgan fingerprint density at radius 1 is 1.23 bits per heavy atom. The Morgan fingerprint density at radius 2 is 1.90 bits per heavy atom. The van der Waals surface area contributed by atoms with Gasteiger partial charge in [-0.25, -0.2) is 4.79 Å². The van der Waals surface area contributed by atoms with Crippen molar-refractivity contribution in [1.82, 2.24) is 10.2 Å². The van der Waals surface area contributed by atoms with Crippen LogP contribution >= 0.6 is 0 Å². The Hall–Kier alpha value is -2.90. The van der Waals surface area contributed by atoms with Crippen LogP contribution in [0.1, 0.15) is 64.2 Å². The largest absolute Gasteiger partial charge is 0.452 e. The number of anilines is 1. The van der Waals surface area contributed by atoms with Gasteiger partial charge in [0.05, 0.1) is 11.3 Å². The molecule has 0 radical (unpaired) electrons. The van der Waals surface area contributed by atoms with E-state index in [1.165, 1.54) is 9.80 Å². The maximum absolute atomic E-state index is 13.4. The molecule has 0 aliphatic carbocycles. The first kappa shape index (κ1) is 21.8. The average Bonchev–Trinajstić information content (AvgIpc) is 3.04. The minimum absolute atomic E-state index is 0.106. The molecule has 0 spiro atoms. The van der Waals surface area contributed by atoms with Gasteiger partial charge in [0.25, 0.3) is 11.8 Å². The lowest BCUT2D eigenvalue weighted by Crippen LogP contribution is -2.70. The zero-order chi connectivity index (χ0) is 22.3. The van der Waals surface area contributed by atoms with Gasteiger partial charge in [-0.1, -0.05) is 19.1 Å². The molecule has 2 aliphatic heterocycles. The SMILES string of the molecule is CCC(C)(C)NC(=O)COC(=O)[C@]12CCC(=O)N1c1ccccc1C(=O)N2C(C)C. The smallest absolute Gasteiger partial charge is 0.354 e. The number of carbonyl (C=O) groups is 4. The molecule has 2 heterocycles. The third-order valence-corrected chi connectivity index (χ3v) is 5.84. The lowest BCUT2D eigenvalue weighted by atomic mass is 9.95. The van der Waals surface area contributed by atoms with E-state index in [0.717, 1.165) is 0 Å². The van der Waals surface area contributed by atoms with Crippen molar-refractivity contribution in [2.75, 3.05) is 11.5 Å². The Morgan fingerprint density at radius 3 is 2.53 bits per heavy atom. The third kappa shape index (κ3) is 3.44. The second-order valence-corrected chi connectivity index (χ2v) is 8.69. The first-order chi connectivity index (χ1) is 14.0. The highest BCUT2D eigenvalue weighted by molar-refractivity contribution is 6.15. The number of ether oxygens (including phenoxy) is 1. The molecule has 0 bridgehead atoms. The van der Waals surface area contributed by atoms with E-state index in [4.69, 9.17) is 4.74 Å². The molecule has 0 aromatic heterocycles. The molecule has 8 nitrogen and oxygen atoms in total. The van der Waals surface area contributed by atoms with Crippen LogP contribution in [0.25, 0.3) is 0 Å². The molecule has 3 amide bonds. The van der Waals surface area contributed by atoms with Crippen molar-refractivity contribution in [3.8, 4) is 0 Å². The number of hydrogen-bond donors (Lipinski definition) is 1. The van der Waals surface area contributed by atoms with Crippen LogP contribution in [0.5, 0.6) is 0 Å². The van der Waals surface area contributed by atoms with Crippen LogP contribution in [0.4, 0.5) is 5.69 Å². The van der Waals surface area contributed by atoms with Crippen molar-refractivity contribution in [3.05, 3.63) is 29.8 Å². The summed E-state index contributed by atoms with van der Waals surface area (Å²) in [6, 6.07) is 6.39. The normalized spacial score (nSPS) is 20.9. The van der Waals surface area contributed by atoms with Gasteiger partial charge in [0.2, 0.25) is 11.6 Å². The first-order valence-corrected chi connectivity index (χ1v) is 10.3. The molecule has 1 aromatic carbocycles. The highest BCUT2D eigenvalue weighted by Crippen LogP contribution is 2.45. The summed E-state index contributed by atoms with van der Waals surface area (Å²) < 4.78 is 5.39. The zero-order valence-corrected chi connectivity index (χ0v) is 18.2. The summed E-state index contributed by atoms with van der Waals surface area (Å²) in [6.07, 6.45) is 0.936. The highest BCUT2D eigenvalue weighted by atomic mass is 16.5. The van der Waals surface area contributed by atoms with E-state index in [0.29, 0.717) is 17.7 Å². The van der Waals surface area contributed by atoms with Crippen LogP contribution in [0.3, 0.4) is 0 Å². The minimum atomic E-state index is -1.59. The lowest BCUT2D eigenvalue weighted by molar-refractivity contribution is -0.161. The maximum atomic E-state index is 13.4. The Balaban J connectivity index is 1.96. The predicted octanol–water partition coefficient (Wildman–Crippen LogP) is 2.22. The fourth-order valence-electron chi connectivity index (χ4n) is 4.12. The number of benzene rings is 1. The summed E-state index contributed by atoms with van der Waals surface area (Å²) in [4.78, 5) is 54.5. The van der Waals surface area contributed by atoms with Crippen molar-refractivity contribution in [3.63, 3.8) is 0 Å². The molecule has 0 unspecified atom stereocenters.